The summed E-state index contributed by atoms with van der Waals surface area (Å²) in [5, 5.41) is 3.24. The first-order valence-electron chi connectivity index (χ1n) is 4.19. The highest BCUT2D eigenvalue weighted by molar-refractivity contribution is 4.45. The zero-order valence-corrected chi connectivity index (χ0v) is 7.56. The molecule has 0 aromatic heterocycles. The van der Waals surface area contributed by atoms with Crippen LogP contribution in [-0.2, 0) is 9.47 Å². The Morgan fingerprint density at radius 1 is 1.18 bits per heavy atom. The van der Waals surface area contributed by atoms with Crippen LogP contribution < -0.4 is 5.32 Å². The molecule has 1 N–H and O–H groups in total. The van der Waals surface area contributed by atoms with E-state index in [1.165, 1.54) is 0 Å². The predicted molar refractivity (Wildman–Crippen MR) is 45.9 cm³/mol. The molecule has 0 spiro atoms. The monoisotopic (exact) mass is 161 g/mol. The molecule has 0 aliphatic rings. The zero-order valence-electron chi connectivity index (χ0n) is 7.56. The third-order valence-corrected chi connectivity index (χ3v) is 1.33. The topological polar surface area (TPSA) is 30.5 Å². The lowest BCUT2D eigenvalue weighted by molar-refractivity contribution is 0.143. The minimum absolute atomic E-state index is 0.786. The number of hydrogen-bond acceptors (Lipinski definition) is 3. The van der Waals surface area contributed by atoms with Crippen LogP contribution in [-0.4, -0.2) is 40.0 Å². The van der Waals surface area contributed by atoms with Crippen molar-refractivity contribution in [2.75, 3.05) is 40.0 Å². The van der Waals surface area contributed by atoms with E-state index in [2.05, 4.69) is 5.32 Å². The third-order valence-electron chi connectivity index (χ3n) is 1.33. The van der Waals surface area contributed by atoms with Crippen molar-refractivity contribution in [2.24, 2.45) is 0 Å². The SMILES string of the molecule is CCOCCCNCCOC. The quantitative estimate of drug-likeness (QED) is 0.530. The van der Waals surface area contributed by atoms with E-state index in [4.69, 9.17) is 9.47 Å². The fourth-order valence-electron chi connectivity index (χ4n) is 0.743. The second-order valence-corrected chi connectivity index (χ2v) is 2.29. The van der Waals surface area contributed by atoms with Gasteiger partial charge in [0.25, 0.3) is 0 Å². The van der Waals surface area contributed by atoms with Gasteiger partial charge < -0.3 is 14.8 Å². The molecule has 11 heavy (non-hydrogen) atoms. The van der Waals surface area contributed by atoms with E-state index in [0.717, 1.165) is 39.3 Å². The van der Waals surface area contributed by atoms with Gasteiger partial charge >= 0.3 is 0 Å². The minimum Gasteiger partial charge on any atom is -0.383 e. The molecule has 0 aromatic rings. The van der Waals surface area contributed by atoms with Crippen molar-refractivity contribution >= 4 is 0 Å². The molecule has 0 unspecified atom stereocenters. The second kappa shape index (κ2) is 9.88. The summed E-state index contributed by atoms with van der Waals surface area (Å²) >= 11 is 0. The Hall–Kier alpha value is -0.120. The second-order valence-electron chi connectivity index (χ2n) is 2.29. The van der Waals surface area contributed by atoms with Crippen molar-refractivity contribution < 1.29 is 9.47 Å². The van der Waals surface area contributed by atoms with Crippen molar-refractivity contribution in [3.8, 4) is 0 Å². The fourth-order valence-corrected chi connectivity index (χ4v) is 0.743. The molecule has 0 saturated heterocycles. The Labute approximate surface area is 69.1 Å². The van der Waals surface area contributed by atoms with E-state index < -0.39 is 0 Å². The molecule has 0 aliphatic heterocycles. The van der Waals surface area contributed by atoms with Gasteiger partial charge in [0.05, 0.1) is 6.61 Å². The van der Waals surface area contributed by atoms with Crippen LogP contribution in [0, 0.1) is 0 Å². The standard InChI is InChI=1S/C8H19NO2/c1-3-11-7-4-5-9-6-8-10-2/h9H,3-8H2,1-2H3. The predicted octanol–water partition coefficient (Wildman–Crippen LogP) is 0.649. The van der Waals surface area contributed by atoms with E-state index in [9.17, 15) is 0 Å². The lowest BCUT2D eigenvalue weighted by Crippen LogP contribution is -2.21. The molecule has 68 valence electrons. The van der Waals surface area contributed by atoms with E-state index >= 15 is 0 Å². The Morgan fingerprint density at radius 2 is 2.00 bits per heavy atom. The molecule has 0 aliphatic carbocycles. The van der Waals surface area contributed by atoms with Gasteiger partial charge in [0.15, 0.2) is 0 Å². The van der Waals surface area contributed by atoms with Gasteiger partial charge in [-0.3, -0.25) is 0 Å². The highest BCUT2D eigenvalue weighted by Gasteiger charge is 1.86. The Balaban J connectivity index is 2.69. The molecule has 0 rings (SSSR count). The maximum absolute atomic E-state index is 5.17. The molecule has 3 nitrogen and oxygen atoms in total. The largest absolute Gasteiger partial charge is 0.383 e. The zero-order chi connectivity index (χ0) is 8.36. The van der Waals surface area contributed by atoms with Gasteiger partial charge in [0, 0.05) is 26.9 Å². The van der Waals surface area contributed by atoms with Gasteiger partial charge in [-0.1, -0.05) is 0 Å². The normalized spacial score (nSPS) is 10.4. The smallest absolute Gasteiger partial charge is 0.0587 e. The maximum atomic E-state index is 5.17. The van der Waals surface area contributed by atoms with Crippen LogP contribution in [0.25, 0.3) is 0 Å². The first-order chi connectivity index (χ1) is 5.41. The van der Waals surface area contributed by atoms with Crippen LogP contribution in [0.15, 0.2) is 0 Å². The summed E-state index contributed by atoms with van der Waals surface area (Å²) in [5.41, 5.74) is 0. The van der Waals surface area contributed by atoms with Crippen molar-refractivity contribution in [2.45, 2.75) is 13.3 Å². The van der Waals surface area contributed by atoms with E-state index in [-0.39, 0.29) is 0 Å². The minimum atomic E-state index is 0.786. The number of nitrogens with one attached hydrogen (secondary N) is 1. The third kappa shape index (κ3) is 9.88. The molecular weight excluding hydrogens is 142 g/mol. The van der Waals surface area contributed by atoms with Crippen molar-refractivity contribution in [3.63, 3.8) is 0 Å². The van der Waals surface area contributed by atoms with E-state index in [1.54, 1.807) is 7.11 Å². The molecule has 0 fully saturated rings. The summed E-state index contributed by atoms with van der Waals surface area (Å²) in [5.74, 6) is 0. The molecule has 0 saturated carbocycles. The van der Waals surface area contributed by atoms with Gasteiger partial charge in [-0.25, -0.2) is 0 Å². The Kier molecular flexibility index (Phi) is 9.77. The van der Waals surface area contributed by atoms with Crippen molar-refractivity contribution in [1.82, 2.24) is 5.32 Å². The summed E-state index contributed by atoms with van der Waals surface area (Å²) < 4.78 is 10.0. The van der Waals surface area contributed by atoms with Gasteiger partial charge in [-0.15, -0.1) is 0 Å². The number of hydrogen-bond donors (Lipinski definition) is 1. The molecule has 0 radical (unpaired) electrons. The lowest BCUT2D eigenvalue weighted by atomic mass is 10.4. The highest BCUT2D eigenvalue weighted by Crippen LogP contribution is 1.79. The van der Waals surface area contributed by atoms with Gasteiger partial charge in [0.1, 0.15) is 0 Å². The number of rotatable bonds is 8. The average Bonchev–Trinajstić information content (AvgIpc) is 2.03. The Bertz CT molecular complexity index is 61.1. The molecule has 0 bridgehead atoms. The summed E-state index contributed by atoms with van der Waals surface area (Å²) in [7, 11) is 1.71. The summed E-state index contributed by atoms with van der Waals surface area (Å²) in [6, 6.07) is 0. The molecule has 0 aromatic carbocycles. The van der Waals surface area contributed by atoms with Crippen LogP contribution in [0.4, 0.5) is 0 Å². The summed E-state index contributed by atoms with van der Waals surface area (Å²) in [6.45, 7) is 6.42. The maximum Gasteiger partial charge on any atom is 0.0587 e. The first-order valence-corrected chi connectivity index (χ1v) is 4.19. The summed E-state index contributed by atoms with van der Waals surface area (Å²) in [6.07, 6.45) is 1.08. The highest BCUT2D eigenvalue weighted by atomic mass is 16.5. The van der Waals surface area contributed by atoms with E-state index in [0.29, 0.717) is 0 Å². The molecular formula is C8H19NO2. The molecule has 0 heterocycles. The van der Waals surface area contributed by atoms with Gasteiger partial charge in [-0.05, 0) is 19.9 Å². The van der Waals surface area contributed by atoms with Crippen LogP contribution >= 0.6 is 0 Å². The van der Waals surface area contributed by atoms with Gasteiger partial charge in [0.2, 0.25) is 0 Å². The van der Waals surface area contributed by atoms with Crippen LogP contribution in [0.3, 0.4) is 0 Å². The van der Waals surface area contributed by atoms with Gasteiger partial charge in [-0.2, -0.15) is 0 Å². The first kappa shape index (κ1) is 10.9. The van der Waals surface area contributed by atoms with E-state index in [1.807, 2.05) is 6.92 Å². The van der Waals surface area contributed by atoms with Crippen LogP contribution in [0.2, 0.25) is 0 Å². The van der Waals surface area contributed by atoms with Crippen molar-refractivity contribution in [3.05, 3.63) is 0 Å². The molecule has 0 amide bonds. The number of ether oxygens (including phenoxy) is 2. The lowest BCUT2D eigenvalue weighted by Gasteiger charge is -2.03. The van der Waals surface area contributed by atoms with Crippen molar-refractivity contribution in [1.29, 1.82) is 0 Å². The molecule has 3 heteroatoms. The Morgan fingerprint density at radius 3 is 2.64 bits per heavy atom. The molecule has 0 atom stereocenters. The average molecular weight is 161 g/mol. The van der Waals surface area contributed by atoms with Crippen LogP contribution in [0.5, 0.6) is 0 Å². The summed E-state index contributed by atoms with van der Waals surface area (Å²) in [4.78, 5) is 0. The van der Waals surface area contributed by atoms with Crippen LogP contribution in [0.1, 0.15) is 13.3 Å². The fraction of sp³-hybridized carbons (Fsp3) is 1.00. The number of methoxy groups -OCH3 is 1.